The second-order valence-corrected chi connectivity index (χ2v) is 5.58. The van der Waals surface area contributed by atoms with Crippen LogP contribution in [0.15, 0.2) is 41.0 Å². The largest absolute Gasteiger partial charge is 0.493 e. The van der Waals surface area contributed by atoms with E-state index in [9.17, 15) is 9.59 Å². The Bertz CT molecular complexity index is 896. The maximum Gasteiger partial charge on any atom is 0.340 e. The van der Waals surface area contributed by atoms with E-state index in [0.29, 0.717) is 17.1 Å². The van der Waals surface area contributed by atoms with Gasteiger partial charge in [-0.2, -0.15) is 5.26 Å². The first-order chi connectivity index (χ1) is 13.4. The Labute approximate surface area is 161 Å². The molecule has 28 heavy (non-hydrogen) atoms. The summed E-state index contributed by atoms with van der Waals surface area (Å²) in [6.45, 7) is 0. The number of hydrogen-bond donors (Lipinski definition) is 1. The van der Waals surface area contributed by atoms with Gasteiger partial charge in [-0.3, -0.25) is 0 Å². The van der Waals surface area contributed by atoms with Gasteiger partial charge in [0.25, 0.3) is 0 Å². The van der Waals surface area contributed by atoms with Gasteiger partial charge in [-0.15, -0.1) is 0 Å². The van der Waals surface area contributed by atoms with Crippen molar-refractivity contribution in [3.63, 3.8) is 0 Å². The summed E-state index contributed by atoms with van der Waals surface area (Å²) in [6.07, 6.45) is -0.247. The minimum atomic E-state index is -0.989. The van der Waals surface area contributed by atoms with Gasteiger partial charge in [0.15, 0.2) is 11.5 Å². The van der Waals surface area contributed by atoms with Gasteiger partial charge in [0.1, 0.15) is 11.3 Å². The second kappa shape index (κ2) is 8.81. The van der Waals surface area contributed by atoms with Crippen LogP contribution in [0.2, 0.25) is 0 Å². The lowest BCUT2D eigenvalue weighted by Crippen LogP contribution is -2.30. The van der Waals surface area contributed by atoms with E-state index in [1.165, 1.54) is 28.4 Å². The van der Waals surface area contributed by atoms with Crippen molar-refractivity contribution in [2.45, 2.75) is 12.3 Å². The lowest BCUT2D eigenvalue weighted by atomic mass is 9.82. The second-order valence-electron chi connectivity index (χ2n) is 5.58. The van der Waals surface area contributed by atoms with Gasteiger partial charge in [-0.1, -0.05) is 6.07 Å². The molecule has 0 saturated carbocycles. The average Bonchev–Trinajstić information content (AvgIpc) is 2.71. The van der Waals surface area contributed by atoms with Crippen molar-refractivity contribution in [2.24, 2.45) is 5.73 Å². The predicted molar refractivity (Wildman–Crippen MR) is 95.9 cm³/mol. The summed E-state index contributed by atoms with van der Waals surface area (Å²) in [7, 11) is 5.30. The molecular formula is C19H20N2O7. The first-order valence-corrected chi connectivity index (χ1v) is 8.09. The maximum atomic E-state index is 12.5. The van der Waals surface area contributed by atoms with Crippen molar-refractivity contribution in [3.8, 4) is 17.6 Å². The third kappa shape index (κ3) is 3.71. The Kier molecular flexibility index (Phi) is 6.50. The lowest BCUT2D eigenvalue weighted by molar-refractivity contribution is -0.137. The Balaban J connectivity index is 2.79. The molecule has 148 valence electrons. The molecule has 1 aliphatic rings. The molecule has 0 radical (unpaired) electrons. The van der Waals surface area contributed by atoms with Gasteiger partial charge in [-0.05, 0) is 17.7 Å². The number of nitrogens with zero attached hydrogens (tertiary/aromatic N) is 1. The van der Waals surface area contributed by atoms with Crippen LogP contribution >= 0.6 is 0 Å². The molecule has 0 fully saturated rings. The molecule has 1 aromatic carbocycles. The number of carbonyl (C=O) groups is 2. The molecule has 0 aliphatic carbocycles. The highest BCUT2D eigenvalue weighted by atomic mass is 16.5. The van der Waals surface area contributed by atoms with E-state index in [4.69, 9.17) is 34.7 Å². The molecule has 9 heteroatoms. The standard InChI is InChI=1S/C19H20N2O7/c1-24-11-6-5-10(9-13(11)25-2)14-15(18(22)26-3)12(7-8-20)28-17(21)16(14)19(23)27-4/h5-6,9,14H,7,21H2,1-4H3/t14-/m1/s1. The van der Waals surface area contributed by atoms with Crippen LogP contribution in [0, 0.1) is 11.3 Å². The first-order valence-electron chi connectivity index (χ1n) is 8.09. The smallest absolute Gasteiger partial charge is 0.340 e. The van der Waals surface area contributed by atoms with Crippen molar-refractivity contribution >= 4 is 11.9 Å². The molecule has 1 aliphatic heterocycles. The SMILES string of the molecule is COC(=O)C1=C(N)OC(CC#N)=C(C(=O)OC)[C@H]1c1ccc(OC)c(OC)c1. The molecule has 1 heterocycles. The average molecular weight is 388 g/mol. The van der Waals surface area contributed by atoms with Crippen LogP contribution in [-0.2, 0) is 23.8 Å². The number of ether oxygens (including phenoxy) is 5. The molecule has 2 rings (SSSR count). The number of methoxy groups -OCH3 is 4. The number of nitrogens with two attached hydrogens (primary N) is 1. The molecule has 9 nitrogen and oxygen atoms in total. The van der Waals surface area contributed by atoms with E-state index in [1.54, 1.807) is 18.2 Å². The number of hydrogen-bond acceptors (Lipinski definition) is 9. The van der Waals surface area contributed by atoms with E-state index >= 15 is 0 Å². The zero-order chi connectivity index (χ0) is 20.8. The first kappa shape index (κ1) is 20.6. The quantitative estimate of drug-likeness (QED) is 0.720. The van der Waals surface area contributed by atoms with Gasteiger partial charge in [0.05, 0.1) is 52.4 Å². The van der Waals surface area contributed by atoms with Crippen molar-refractivity contribution < 1.29 is 33.3 Å². The van der Waals surface area contributed by atoms with Gasteiger partial charge in [0, 0.05) is 0 Å². The summed E-state index contributed by atoms with van der Waals surface area (Å²) in [4.78, 5) is 25.0. The third-order valence-corrected chi connectivity index (χ3v) is 4.17. The van der Waals surface area contributed by atoms with E-state index in [-0.39, 0.29) is 29.2 Å². The Morgan fingerprint density at radius 1 is 1.07 bits per heavy atom. The molecule has 1 aromatic rings. The van der Waals surface area contributed by atoms with Gasteiger partial charge in [0.2, 0.25) is 5.88 Å². The zero-order valence-electron chi connectivity index (χ0n) is 15.9. The van der Waals surface area contributed by atoms with E-state index < -0.39 is 17.9 Å². The molecular weight excluding hydrogens is 368 g/mol. The van der Waals surface area contributed by atoms with Crippen LogP contribution in [0.1, 0.15) is 17.9 Å². The summed E-state index contributed by atoms with van der Waals surface area (Å²) >= 11 is 0. The molecule has 2 N–H and O–H groups in total. The highest BCUT2D eigenvalue weighted by Gasteiger charge is 2.41. The van der Waals surface area contributed by atoms with E-state index in [1.807, 2.05) is 6.07 Å². The maximum absolute atomic E-state index is 12.5. The fourth-order valence-corrected chi connectivity index (χ4v) is 2.93. The number of carbonyl (C=O) groups excluding carboxylic acids is 2. The molecule has 0 spiro atoms. The molecule has 0 saturated heterocycles. The van der Waals surface area contributed by atoms with Crippen LogP contribution < -0.4 is 15.2 Å². The summed E-state index contributed by atoms with van der Waals surface area (Å²) in [5, 5.41) is 9.10. The Hall–Kier alpha value is -3.67. The number of esters is 2. The lowest BCUT2D eigenvalue weighted by Gasteiger charge is -2.29. The normalized spacial score (nSPS) is 16.0. The summed E-state index contributed by atoms with van der Waals surface area (Å²) in [5.41, 5.74) is 6.30. The van der Waals surface area contributed by atoms with Crippen LogP contribution in [0.5, 0.6) is 11.5 Å². The Morgan fingerprint density at radius 2 is 1.68 bits per heavy atom. The number of benzene rings is 1. The van der Waals surface area contributed by atoms with Crippen LogP contribution in [0.25, 0.3) is 0 Å². The van der Waals surface area contributed by atoms with E-state index in [2.05, 4.69) is 0 Å². The topological polar surface area (TPSA) is 130 Å². The fraction of sp³-hybridized carbons (Fsp3) is 0.316. The number of rotatable bonds is 6. The van der Waals surface area contributed by atoms with E-state index in [0.717, 1.165) is 0 Å². The minimum Gasteiger partial charge on any atom is -0.493 e. The van der Waals surface area contributed by atoms with Crippen LogP contribution in [0.3, 0.4) is 0 Å². The van der Waals surface area contributed by atoms with Gasteiger partial charge in [-0.25, -0.2) is 9.59 Å². The van der Waals surface area contributed by atoms with Gasteiger partial charge >= 0.3 is 11.9 Å². The predicted octanol–water partition coefficient (Wildman–Crippen LogP) is 1.50. The number of nitriles is 1. The number of allylic oxidation sites excluding steroid dienone is 1. The van der Waals surface area contributed by atoms with Crippen molar-refractivity contribution in [3.05, 3.63) is 46.6 Å². The Morgan fingerprint density at radius 3 is 2.21 bits per heavy atom. The monoisotopic (exact) mass is 388 g/mol. The minimum absolute atomic E-state index is 0.000659. The third-order valence-electron chi connectivity index (χ3n) is 4.17. The van der Waals surface area contributed by atoms with Crippen molar-refractivity contribution in [1.82, 2.24) is 0 Å². The molecule has 0 aromatic heterocycles. The molecule has 0 bridgehead atoms. The summed E-state index contributed by atoms with van der Waals surface area (Å²) < 4.78 is 25.6. The van der Waals surface area contributed by atoms with Crippen molar-refractivity contribution in [1.29, 1.82) is 5.26 Å². The van der Waals surface area contributed by atoms with Crippen molar-refractivity contribution in [2.75, 3.05) is 28.4 Å². The van der Waals surface area contributed by atoms with Crippen LogP contribution in [-0.4, -0.2) is 40.4 Å². The van der Waals surface area contributed by atoms with Crippen LogP contribution in [0.4, 0.5) is 0 Å². The fourth-order valence-electron chi connectivity index (χ4n) is 2.93. The summed E-state index contributed by atoms with van der Waals surface area (Å²) in [6, 6.07) is 6.76. The molecule has 0 unspecified atom stereocenters. The highest BCUT2D eigenvalue weighted by Crippen LogP contribution is 2.43. The molecule has 1 atom stereocenters. The zero-order valence-corrected chi connectivity index (χ0v) is 15.9. The van der Waals surface area contributed by atoms with Gasteiger partial charge < -0.3 is 29.4 Å². The summed E-state index contributed by atoms with van der Waals surface area (Å²) in [5.74, 6) is -1.97. The molecule has 0 amide bonds. The highest BCUT2D eigenvalue weighted by molar-refractivity contribution is 5.99.